The second-order valence-corrected chi connectivity index (χ2v) is 5.54. The number of pyridine rings is 1. The average molecular weight is 375 g/mol. The van der Waals surface area contributed by atoms with Crippen LogP contribution in [0.1, 0.15) is 27.6 Å². The van der Waals surface area contributed by atoms with Crippen LogP contribution >= 0.6 is 0 Å². The largest absolute Gasteiger partial charge is 0.478 e. The van der Waals surface area contributed by atoms with Crippen molar-refractivity contribution in [1.82, 2.24) is 4.98 Å². The number of carbonyl (C=O) groups is 3. The highest BCUT2D eigenvalue weighted by molar-refractivity contribution is 6.10. The minimum absolute atomic E-state index is 0.0294. The molecule has 1 aromatic heterocycles. The molecule has 0 atom stereocenters. The summed E-state index contributed by atoms with van der Waals surface area (Å²) < 4.78 is 10.5. The molecule has 0 aliphatic carbocycles. The molecule has 2 aromatic rings. The molecular formula is C16H13N3O8. The third kappa shape index (κ3) is 3.01. The summed E-state index contributed by atoms with van der Waals surface area (Å²) in [6.45, 7) is 1.09. The van der Waals surface area contributed by atoms with Gasteiger partial charge in [-0.05, 0) is 6.07 Å². The number of nitrogens with one attached hydrogen (secondary N) is 2. The van der Waals surface area contributed by atoms with Gasteiger partial charge in [-0.1, -0.05) is 0 Å². The zero-order chi connectivity index (χ0) is 19.9. The highest BCUT2D eigenvalue weighted by Crippen LogP contribution is 2.43. The second kappa shape index (κ2) is 6.37. The first-order chi connectivity index (χ1) is 12.7. The van der Waals surface area contributed by atoms with Gasteiger partial charge in [0.25, 0.3) is 5.56 Å². The Bertz CT molecular complexity index is 1060. The van der Waals surface area contributed by atoms with Crippen LogP contribution in [0.15, 0.2) is 16.9 Å². The summed E-state index contributed by atoms with van der Waals surface area (Å²) in [4.78, 5) is 49.1. The number of aromatic nitrogens is 1. The first kappa shape index (κ1) is 17.8. The Labute approximate surface area is 150 Å². The molecule has 0 saturated heterocycles. The van der Waals surface area contributed by atoms with Crippen LogP contribution < -0.4 is 26.1 Å². The second-order valence-electron chi connectivity index (χ2n) is 5.54. The van der Waals surface area contributed by atoms with Gasteiger partial charge in [0.05, 0.1) is 5.69 Å². The van der Waals surface area contributed by atoms with Crippen molar-refractivity contribution in [3.63, 3.8) is 0 Å². The molecule has 0 saturated carbocycles. The van der Waals surface area contributed by atoms with Gasteiger partial charge in [0, 0.05) is 24.1 Å². The van der Waals surface area contributed by atoms with Crippen LogP contribution in [0.2, 0.25) is 0 Å². The molecule has 1 aromatic carbocycles. The number of aromatic carboxylic acids is 2. The molecule has 11 nitrogen and oxygen atoms in total. The SMILES string of the molecule is CC(=O)Nc1cc2c(cc1-c1c(C(=O)O)c(N)[nH]c(=O)c1C(=O)O)OCO2. The van der Waals surface area contributed by atoms with Crippen LogP contribution in [0.25, 0.3) is 11.1 Å². The maximum absolute atomic E-state index is 12.2. The lowest BCUT2D eigenvalue weighted by atomic mass is 9.93. The summed E-state index contributed by atoms with van der Waals surface area (Å²) in [5.74, 6) is -3.83. The van der Waals surface area contributed by atoms with Crippen molar-refractivity contribution in [1.29, 1.82) is 0 Å². The Morgan fingerprint density at radius 3 is 2.26 bits per heavy atom. The minimum Gasteiger partial charge on any atom is -0.478 e. The molecule has 1 aliphatic heterocycles. The van der Waals surface area contributed by atoms with E-state index >= 15 is 0 Å². The van der Waals surface area contributed by atoms with E-state index in [1.165, 1.54) is 19.1 Å². The number of hydrogen-bond donors (Lipinski definition) is 5. The van der Waals surface area contributed by atoms with E-state index in [0.717, 1.165) is 0 Å². The summed E-state index contributed by atoms with van der Waals surface area (Å²) in [7, 11) is 0. The Kier molecular flexibility index (Phi) is 4.20. The topological polar surface area (TPSA) is 181 Å². The fraction of sp³-hybridized carbons (Fsp3) is 0.125. The molecule has 11 heteroatoms. The van der Waals surface area contributed by atoms with Gasteiger partial charge in [-0.3, -0.25) is 9.59 Å². The predicted octanol–water partition coefficient (Wildman–Crippen LogP) is 0.708. The number of aromatic amines is 1. The van der Waals surface area contributed by atoms with Gasteiger partial charge in [0.2, 0.25) is 12.7 Å². The molecule has 0 bridgehead atoms. The van der Waals surface area contributed by atoms with Crippen molar-refractivity contribution in [2.45, 2.75) is 6.92 Å². The highest BCUT2D eigenvalue weighted by Gasteiger charge is 2.30. The van der Waals surface area contributed by atoms with Crippen LogP contribution in [0, 0.1) is 0 Å². The van der Waals surface area contributed by atoms with E-state index in [9.17, 15) is 29.4 Å². The van der Waals surface area contributed by atoms with E-state index in [0.29, 0.717) is 0 Å². The highest BCUT2D eigenvalue weighted by atomic mass is 16.7. The molecule has 0 unspecified atom stereocenters. The van der Waals surface area contributed by atoms with Crippen LogP contribution in [-0.2, 0) is 4.79 Å². The van der Waals surface area contributed by atoms with Crippen LogP contribution in [-0.4, -0.2) is 39.8 Å². The number of benzene rings is 1. The Morgan fingerprint density at radius 1 is 1.11 bits per heavy atom. The number of hydrogen-bond acceptors (Lipinski definition) is 7. The normalized spacial score (nSPS) is 11.9. The first-order valence-electron chi connectivity index (χ1n) is 7.44. The molecule has 0 fully saturated rings. The zero-order valence-corrected chi connectivity index (χ0v) is 13.8. The summed E-state index contributed by atoms with van der Waals surface area (Å²) in [5, 5.41) is 21.5. The molecule has 3 rings (SSSR count). The number of anilines is 2. The smallest absolute Gasteiger partial charge is 0.342 e. The molecule has 1 amide bonds. The van der Waals surface area contributed by atoms with Gasteiger partial charge in [-0.25, -0.2) is 9.59 Å². The lowest BCUT2D eigenvalue weighted by Gasteiger charge is -2.16. The van der Waals surface area contributed by atoms with Gasteiger partial charge in [0.15, 0.2) is 11.5 Å². The maximum atomic E-state index is 12.2. The Morgan fingerprint density at radius 2 is 1.70 bits per heavy atom. The van der Waals surface area contributed by atoms with Gasteiger partial charge in [-0.2, -0.15) is 0 Å². The molecule has 6 N–H and O–H groups in total. The van der Waals surface area contributed by atoms with Crippen molar-refractivity contribution in [3.8, 4) is 22.6 Å². The number of carbonyl (C=O) groups excluding carboxylic acids is 1. The Hall–Kier alpha value is -4.02. The first-order valence-corrected chi connectivity index (χ1v) is 7.44. The number of nitrogens with two attached hydrogens (primary N) is 1. The standard InChI is InChI=1S/C16H13N3O8/c1-5(20)18-7-3-9-8(26-4-27-9)2-6(7)10-11(15(22)23)13(17)19-14(21)12(10)16(24)25/h2-3H,4H2,1H3,(H,18,20)(H,22,23)(H,24,25)(H3,17,19,21). The predicted molar refractivity (Wildman–Crippen MR) is 91.3 cm³/mol. The molecule has 1 aliphatic rings. The third-order valence-corrected chi connectivity index (χ3v) is 3.77. The van der Waals surface area contributed by atoms with Crippen molar-refractivity contribution < 1.29 is 34.1 Å². The summed E-state index contributed by atoms with van der Waals surface area (Å²) >= 11 is 0. The van der Waals surface area contributed by atoms with Crippen molar-refractivity contribution in [2.75, 3.05) is 17.8 Å². The number of fused-ring (bicyclic) bond motifs is 1. The molecule has 27 heavy (non-hydrogen) atoms. The number of carboxylic acids is 2. The lowest BCUT2D eigenvalue weighted by molar-refractivity contribution is -0.114. The summed E-state index contributed by atoms with van der Waals surface area (Å²) in [6, 6.07) is 2.62. The van der Waals surface area contributed by atoms with Gasteiger partial charge in [-0.15, -0.1) is 0 Å². The fourth-order valence-electron chi connectivity index (χ4n) is 2.76. The maximum Gasteiger partial charge on any atom is 0.342 e. The van der Waals surface area contributed by atoms with Crippen LogP contribution in [0.5, 0.6) is 11.5 Å². The van der Waals surface area contributed by atoms with Crippen molar-refractivity contribution >= 4 is 29.4 Å². The lowest BCUT2D eigenvalue weighted by Crippen LogP contribution is -2.24. The van der Waals surface area contributed by atoms with E-state index < -0.39 is 45.9 Å². The van der Waals surface area contributed by atoms with Gasteiger partial charge in [0.1, 0.15) is 16.9 Å². The van der Waals surface area contributed by atoms with Gasteiger partial charge < -0.3 is 35.7 Å². The van der Waals surface area contributed by atoms with Crippen molar-refractivity contribution in [3.05, 3.63) is 33.6 Å². The molecule has 0 radical (unpaired) electrons. The van der Waals surface area contributed by atoms with Gasteiger partial charge >= 0.3 is 11.9 Å². The number of ether oxygens (including phenoxy) is 2. The number of amides is 1. The zero-order valence-electron chi connectivity index (χ0n) is 13.8. The molecular weight excluding hydrogens is 362 g/mol. The fourth-order valence-corrected chi connectivity index (χ4v) is 2.76. The number of H-pyrrole nitrogens is 1. The molecule has 140 valence electrons. The van der Waals surface area contributed by atoms with E-state index in [4.69, 9.17) is 15.2 Å². The average Bonchev–Trinajstić information content (AvgIpc) is 2.99. The summed E-state index contributed by atoms with van der Waals surface area (Å²) in [6.07, 6.45) is 0. The molecule has 0 spiro atoms. The van der Waals surface area contributed by atoms with Crippen LogP contribution in [0.4, 0.5) is 11.5 Å². The summed E-state index contributed by atoms with van der Waals surface area (Å²) in [5.41, 5.74) is 2.56. The van der Waals surface area contributed by atoms with Crippen LogP contribution in [0.3, 0.4) is 0 Å². The van der Waals surface area contributed by atoms with E-state index in [1.807, 2.05) is 4.98 Å². The van der Waals surface area contributed by atoms with E-state index in [1.54, 1.807) is 0 Å². The third-order valence-electron chi connectivity index (χ3n) is 3.77. The quantitative estimate of drug-likeness (QED) is 0.514. The number of nitrogen functional groups attached to an aromatic ring is 1. The van der Waals surface area contributed by atoms with E-state index in [2.05, 4.69) is 5.32 Å². The minimum atomic E-state index is -1.67. The molecule has 2 heterocycles. The number of carboxylic acid groups (broad SMARTS) is 2. The number of rotatable bonds is 4. The monoisotopic (exact) mass is 375 g/mol. The Balaban J connectivity index is 2.46. The van der Waals surface area contributed by atoms with Crippen molar-refractivity contribution in [2.24, 2.45) is 0 Å². The van der Waals surface area contributed by atoms with E-state index in [-0.39, 0.29) is 29.5 Å².